The molecule has 1 aliphatic rings. The van der Waals surface area contributed by atoms with Crippen molar-refractivity contribution < 1.29 is 19.1 Å². The molecule has 168 valence electrons. The summed E-state index contributed by atoms with van der Waals surface area (Å²) in [6.45, 7) is 1.84. The third kappa shape index (κ3) is 4.37. The molecule has 32 heavy (non-hydrogen) atoms. The van der Waals surface area contributed by atoms with Crippen LogP contribution in [0.4, 0.5) is 4.39 Å². The largest absolute Gasteiger partial charge is 0.480 e. The van der Waals surface area contributed by atoms with Gasteiger partial charge in [-0.25, -0.2) is 9.18 Å². The van der Waals surface area contributed by atoms with Gasteiger partial charge in [-0.1, -0.05) is 36.7 Å². The van der Waals surface area contributed by atoms with Gasteiger partial charge < -0.3 is 15.0 Å². The molecule has 7 heteroatoms. The molecule has 0 fully saturated rings. The second kappa shape index (κ2) is 9.33. The van der Waals surface area contributed by atoms with E-state index in [-0.39, 0.29) is 17.8 Å². The molecule has 1 amide bonds. The fraction of sp³-hybridized carbons (Fsp3) is 0.360. The van der Waals surface area contributed by atoms with Gasteiger partial charge in [-0.15, -0.1) is 0 Å². The molecule has 1 aromatic heterocycles. The molecule has 0 saturated heterocycles. The third-order valence-electron chi connectivity index (χ3n) is 6.29. The Morgan fingerprint density at radius 1 is 1.28 bits per heavy atom. The first kappa shape index (κ1) is 22.3. The van der Waals surface area contributed by atoms with E-state index in [1.165, 1.54) is 12.1 Å². The summed E-state index contributed by atoms with van der Waals surface area (Å²) in [4.78, 5) is 24.5. The van der Waals surface area contributed by atoms with E-state index in [0.29, 0.717) is 43.5 Å². The van der Waals surface area contributed by atoms with Gasteiger partial charge in [0.15, 0.2) is 0 Å². The minimum atomic E-state index is -0.897. The van der Waals surface area contributed by atoms with Crippen LogP contribution in [-0.2, 0) is 28.9 Å². The molecule has 1 heterocycles. The van der Waals surface area contributed by atoms with E-state index in [9.17, 15) is 19.1 Å². The first-order valence-electron chi connectivity index (χ1n) is 11.0. The van der Waals surface area contributed by atoms with Gasteiger partial charge in [0.1, 0.15) is 11.9 Å². The number of nitrogens with one attached hydrogen (secondary N) is 1. The molecule has 1 aliphatic carbocycles. The van der Waals surface area contributed by atoms with Crippen LogP contribution in [0.2, 0.25) is 5.02 Å². The number of carboxylic acid groups (broad SMARTS) is 1. The highest BCUT2D eigenvalue weighted by molar-refractivity contribution is 6.31. The molecule has 5 nitrogen and oxygen atoms in total. The quantitative estimate of drug-likeness (QED) is 0.521. The average molecular weight is 457 g/mol. The molecule has 2 N–H and O–H groups in total. The van der Waals surface area contributed by atoms with E-state index in [1.54, 1.807) is 6.07 Å². The topological polar surface area (TPSA) is 71.3 Å². The number of rotatable bonds is 7. The normalized spacial score (nSPS) is 16.5. The van der Waals surface area contributed by atoms with Crippen LogP contribution in [0.3, 0.4) is 0 Å². The standard InChI is InChI=1S/C25H26ClFN2O3/c1-2-21(25(31)32)29-22-10-8-16(27)13-18(22)19-14-17(9-11-23(19)29)28-24(30)12-7-15-5-3-4-6-20(15)26/h3-6,8,10,13,17,21H,2,7,9,11-12,14H2,1H3,(H,28,30)(H,31,32). The Kier molecular flexibility index (Phi) is 6.51. The van der Waals surface area contributed by atoms with Gasteiger partial charge in [0.05, 0.1) is 0 Å². The number of fused-ring (bicyclic) bond motifs is 3. The van der Waals surface area contributed by atoms with Crippen LogP contribution in [-0.4, -0.2) is 27.6 Å². The maximum Gasteiger partial charge on any atom is 0.326 e. The summed E-state index contributed by atoms with van der Waals surface area (Å²) in [7, 11) is 0. The number of carbonyl (C=O) groups is 2. The van der Waals surface area contributed by atoms with Gasteiger partial charge in [-0.05, 0) is 67.5 Å². The number of aromatic nitrogens is 1. The number of carbonyl (C=O) groups excluding carboxylic acids is 1. The van der Waals surface area contributed by atoms with Crippen molar-refractivity contribution in [1.29, 1.82) is 0 Å². The number of aliphatic carboxylic acids is 1. The first-order valence-corrected chi connectivity index (χ1v) is 11.3. The zero-order chi connectivity index (χ0) is 22.8. The van der Waals surface area contributed by atoms with E-state index in [4.69, 9.17) is 11.6 Å². The van der Waals surface area contributed by atoms with Crippen molar-refractivity contribution in [3.63, 3.8) is 0 Å². The number of nitrogens with zero attached hydrogens (tertiary/aromatic N) is 1. The molecule has 4 rings (SSSR count). The number of aryl methyl sites for hydroxylation is 1. The zero-order valence-electron chi connectivity index (χ0n) is 17.9. The van der Waals surface area contributed by atoms with Crippen molar-refractivity contribution in [2.24, 2.45) is 0 Å². The Balaban J connectivity index is 1.55. The minimum absolute atomic E-state index is 0.0507. The van der Waals surface area contributed by atoms with Crippen molar-refractivity contribution in [3.05, 3.63) is 70.1 Å². The van der Waals surface area contributed by atoms with Gasteiger partial charge in [0, 0.05) is 34.1 Å². The predicted octanol–water partition coefficient (Wildman–Crippen LogP) is 5.08. The lowest BCUT2D eigenvalue weighted by atomic mass is 9.91. The first-order chi connectivity index (χ1) is 15.4. The molecule has 0 radical (unpaired) electrons. The fourth-order valence-corrected chi connectivity index (χ4v) is 4.99. The van der Waals surface area contributed by atoms with Crippen LogP contribution in [0.5, 0.6) is 0 Å². The second-order valence-electron chi connectivity index (χ2n) is 8.32. The Hall–Kier alpha value is -2.86. The van der Waals surface area contributed by atoms with E-state index in [1.807, 2.05) is 35.8 Å². The van der Waals surface area contributed by atoms with Crippen LogP contribution in [0, 0.1) is 5.82 Å². The Morgan fingerprint density at radius 2 is 2.06 bits per heavy atom. The summed E-state index contributed by atoms with van der Waals surface area (Å²) in [6, 6.07) is 11.2. The summed E-state index contributed by atoms with van der Waals surface area (Å²) < 4.78 is 15.9. The monoisotopic (exact) mass is 456 g/mol. The van der Waals surface area contributed by atoms with E-state index in [2.05, 4.69) is 5.32 Å². The van der Waals surface area contributed by atoms with Crippen molar-refractivity contribution in [2.45, 2.75) is 57.5 Å². The van der Waals surface area contributed by atoms with Gasteiger partial charge in [-0.3, -0.25) is 4.79 Å². The van der Waals surface area contributed by atoms with Crippen molar-refractivity contribution in [2.75, 3.05) is 0 Å². The highest BCUT2D eigenvalue weighted by Gasteiger charge is 2.30. The summed E-state index contributed by atoms with van der Waals surface area (Å²) in [6.07, 6.45) is 3.22. The van der Waals surface area contributed by atoms with Gasteiger partial charge in [0.2, 0.25) is 5.91 Å². The minimum Gasteiger partial charge on any atom is -0.480 e. The van der Waals surface area contributed by atoms with E-state index in [0.717, 1.165) is 27.7 Å². The predicted molar refractivity (Wildman–Crippen MR) is 123 cm³/mol. The Bertz CT molecular complexity index is 1170. The molecule has 0 spiro atoms. The van der Waals surface area contributed by atoms with Crippen LogP contribution in [0.1, 0.15) is 49.0 Å². The molecule has 0 saturated carbocycles. The van der Waals surface area contributed by atoms with Crippen LogP contribution in [0.15, 0.2) is 42.5 Å². The summed E-state index contributed by atoms with van der Waals surface area (Å²) in [5.41, 5.74) is 3.53. The van der Waals surface area contributed by atoms with Crippen LogP contribution >= 0.6 is 11.6 Å². The molecule has 0 aliphatic heterocycles. The lowest BCUT2D eigenvalue weighted by molar-refractivity contribution is -0.141. The lowest BCUT2D eigenvalue weighted by Gasteiger charge is -2.26. The summed E-state index contributed by atoms with van der Waals surface area (Å²) in [5, 5.41) is 14.2. The number of hydrogen-bond donors (Lipinski definition) is 2. The maximum absolute atomic E-state index is 14.1. The number of hydrogen-bond acceptors (Lipinski definition) is 2. The molecular weight excluding hydrogens is 431 g/mol. The number of amides is 1. The zero-order valence-corrected chi connectivity index (χ0v) is 18.7. The maximum atomic E-state index is 14.1. The molecule has 2 atom stereocenters. The molecule has 3 aromatic rings. The number of halogens is 2. The Labute approximate surface area is 191 Å². The number of carboxylic acids is 1. The SMILES string of the molecule is CCC(C(=O)O)n1c2c(c3cc(F)ccc31)CC(NC(=O)CCc1ccccc1Cl)CC2. The molecule has 0 bridgehead atoms. The lowest BCUT2D eigenvalue weighted by Crippen LogP contribution is -2.39. The molecular formula is C25H26ClFN2O3. The second-order valence-corrected chi connectivity index (χ2v) is 8.72. The van der Waals surface area contributed by atoms with Crippen molar-refractivity contribution in [3.8, 4) is 0 Å². The highest BCUT2D eigenvalue weighted by Crippen LogP contribution is 2.36. The third-order valence-corrected chi connectivity index (χ3v) is 6.66. The van der Waals surface area contributed by atoms with Gasteiger partial charge in [0.25, 0.3) is 0 Å². The average Bonchev–Trinajstić information content (AvgIpc) is 3.06. The van der Waals surface area contributed by atoms with Crippen LogP contribution < -0.4 is 5.32 Å². The molecule has 2 aromatic carbocycles. The number of benzene rings is 2. The van der Waals surface area contributed by atoms with E-state index >= 15 is 0 Å². The van der Waals surface area contributed by atoms with E-state index < -0.39 is 12.0 Å². The van der Waals surface area contributed by atoms with Gasteiger partial charge in [-0.2, -0.15) is 0 Å². The van der Waals surface area contributed by atoms with Crippen LogP contribution in [0.25, 0.3) is 10.9 Å². The highest BCUT2D eigenvalue weighted by atomic mass is 35.5. The fourth-order valence-electron chi connectivity index (χ4n) is 4.76. The molecule has 2 unspecified atom stereocenters. The Morgan fingerprint density at radius 3 is 2.78 bits per heavy atom. The van der Waals surface area contributed by atoms with Crippen molar-refractivity contribution >= 4 is 34.4 Å². The summed E-state index contributed by atoms with van der Waals surface area (Å²) >= 11 is 6.18. The van der Waals surface area contributed by atoms with Gasteiger partial charge >= 0.3 is 5.97 Å². The smallest absolute Gasteiger partial charge is 0.326 e. The summed E-state index contributed by atoms with van der Waals surface area (Å²) in [5.74, 6) is -1.30. The van der Waals surface area contributed by atoms with Crippen molar-refractivity contribution in [1.82, 2.24) is 9.88 Å².